The molecule has 0 aliphatic carbocycles. The summed E-state index contributed by atoms with van der Waals surface area (Å²) in [5, 5.41) is 1.40. The smallest absolute Gasteiger partial charge is 0.264 e. The molecule has 0 radical (unpaired) electrons. The minimum Gasteiger partial charge on any atom is -0.267 e. The third kappa shape index (κ3) is 1.85. The fourth-order valence-corrected chi connectivity index (χ4v) is 6.16. The van der Waals surface area contributed by atoms with Crippen molar-refractivity contribution >= 4 is 54.6 Å². The van der Waals surface area contributed by atoms with Gasteiger partial charge < -0.3 is 0 Å². The van der Waals surface area contributed by atoms with Crippen LogP contribution in [0.1, 0.15) is 15.8 Å². The van der Waals surface area contributed by atoms with Crippen molar-refractivity contribution in [2.45, 2.75) is 10.3 Å². The van der Waals surface area contributed by atoms with Crippen molar-refractivity contribution < 1.29 is 8.42 Å². The van der Waals surface area contributed by atoms with Crippen molar-refractivity contribution in [1.82, 2.24) is 0 Å². The van der Waals surface area contributed by atoms with E-state index in [1.807, 2.05) is 5.38 Å². The molecule has 19 heavy (non-hydrogen) atoms. The molecule has 1 aliphatic rings. The number of halogens is 2. The van der Waals surface area contributed by atoms with E-state index in [0.717, 1.165) is 9.35 Å². The largest absolute Gasteiger partial charge is 0.267 e. The van der Waals surface area contributed by atoms with E-state index in [0.29, 0.717) is 11.3 Å². The molecule has 3 rings (SSSR count). The van der Waals surface area contributed by atoms with Crippen LogP contribution in [0.25, 0.3) is 0 Å². The number of thiophene rings is 1. The van der Waals surface area contributed by atoms with Gasteiger partial charge in [0.25, 0.3) is 10.0 Å². The van der Waals surface area contributed by atoms with Crippen LogP contribution in [0.4, 0.5) is 5.69 Å². The summed E-state index contributed by atoms with van der Waals surface area (Å²) in [5.74, 6) is 0. The van der Waals surface area contributed by atoms with Crippen LogP contribution in [0.3, 0.4) is 0 Å². The predicted molar refractivity (Wildman–Crippen MR) is 81.7 cm³/mol. The summed E-state index contributed by atoms with van der Waals surface area (Å²) >= 11 is 11.3. The van der Waals surface area contributed by atoms with Crippen molar-refractivity contribution in [1.29, 1.82) is 0 Å². The molecule has 2 aromatic rings. The second-order valence-corrected chi connectivity index (χ2v) is 8.31. The number of rotatable bonds is 0. The van der Waals surface area contributed by atoms with Crippen LogP contribution in [0.15, 0.2) is 39.0 Å². The summed E-state index contributed by atoms with van der Waals surface area (Å²) in [6.07, 6.45) is 0. The summed E-state index contributed by atoms with van der Waals surface area (Å²) in [7, 11) is -2.02. The lowest BCUT2D eigenvalue weighted by Gasteiger charge is -2.18. The van der Waals surface area contributed by atoms with Gasteiger partial charge in [0.05, 0.1) is 25.3 Å². The molecule has 100 valence electrons. The zero-order valence-corrected chi connectivity index (χ0v) is 13.8. The number of fused-ring (bicyclic) bond motifs is 2. The Hall–Kier alpha value is -0.560. The molecule has 0 N–H and O–H groups in total. The molecular weight excluding hydrogens is 370 g/mol. The van der Waals surface area contributed by atoms with Crippen molar-refractivity contribution in [3.8, 4) is 0 Å². The first kappa shape index (κ1) is 13.4. The molecule has 1 unspecified atom stereocenters. The Morgan fingerprint density at radius 3 is 2.79 bits per heavy atom. The summed E-state index contributed by atoms with van der Waals surface area (Å²) < 4.78 is 27.3. The van der Waals surface area contributed by atoms with Crippen molar-refractivity contribution in [3.05, 3.63) is 44.6 Å². The highest BCUT2D eigenvalue weighted by molar-refractivity contribution is 9.10. The first-order valence-corrected chi connectivity index (χ1v) is 8.98. The summed E-state index contributed by atoms with van der Waals surface area (Å²) in [6, 6.07) is 6.88. The third-order valence-electron chi connectivity index (χ3n) is 3.12. The molecule has 0 bridgehead atoms. The monoisotopic (exact) mass is 377 g/mol. The number of sulfonamides is 1. The molecular formula is C12H9BrClNO2S2. The highest BCUT2D eigenvalue weighted by Crippen LogP contribution is 2.49. The first-order valence-electron chi connectivity index (χ1n) is 5.43. The van der Waals surface area contributed by atoms with Gasteiger partial charge in [-0.1, -0.05) is 18.2 Å². The molecule has 0 saturated carbocycles. The Bertz CT molecular complexity index is 757. The molecule has 3 nitrogen and oxygen atoms in total. The van der Waals surface area contributed by atoms with E-state index >= 15 is 0 Å². The molecule has 0 amide bonds. The highest BCUT2D eigenvalue weighted by Gasteiger charge is 2.36. The van der Waals surface area contributed by atoms with Gasteiger partial charge in [-0.05, 0) is 27.6 Å². The quantitative estimate of drug-likeness (QED) is 0.650. The van der Waals surface area contributed by atoms with Gasteiger partial charge in [0.2, 0.25) is 0 Å². The average Bonchev–Trinajstić information content (AvgIpc) is 2.76. The molecule has 0 saturated heterocycles. The minimum atomic E-state index is -3.57. The zero-order valence-electron chi connectivity index (χ0n) is 9.80. The highest BCUT2D eigenvalue weighted by atomic mass is 79.9. The van der Waals surface area contributed by atoms with Crippen LogP contribution in [-0.4, -0.2) is 15.5 Å². The van der Waals surface area contributed by atoms with E-state index in [1.165, 1.54) is 15.6 Å². The lowest BCUT2D eigenvalue weighted by Crippen LogP contribution is -2.26. The van der Waals surface area contributed by atoms with E-state index < -0.39 is 15.4 Å². The maximum atomic E-state index is 12.6. The maximum absolute atomic E-state index is 12.6. The maximum Gasteiger partial charge on any atom is 0.264 e. The van der Waals surface area contributed by atoms with E-state index in [-0.39, 0.29) is 4.90 Å². The number of hydrogen-bond donors (Lipinski definition) is 0. The molecule has 1 aromatic carbocycles. The van der Waals surface area contributed by atoms with Gasteiger partial charge in [-0.15, -0.1) is 22.9 Å². The Morgan fingerprint density at radius 1 is 1.37 bits per heavy atom. The normalized spacial score (nSPS) is 20.6. The Labute approximate surface area is 129 Å². The van der Waals surface area contributed by atoms with Crippen molar-refractivity contribution in [2.75, 3.05) is 11.4 Å². The van der Waals surface area contributed by atoms with Crippen LogP contribution in [0.2, 0.25) is 0 Å². The molecule has 1 aromatic heterocycles. The van der Waals surface area contributed by atoms with Crippen molar-refractivity contribution in [3.63, 3.8) is 0 Å². The number of nitrogens with zero attached hydrogens (tertiary/aromatic N) is 1. The van der Waals surface area contributed by atoms with Crippen LogP contribution in [0.5, 0.6) is 0 Å². The predicted octanol–water partition coefficient (Wildman–Crippen LogP) is 3.98. The topological polar surface area (TPSA) is 37.4 Å². The van der Waals surface area contributed by atoms with Crippen molar-refractivity contribution in [2.24, 2.45) is 0 Å². The van der Waals surface area contributed by atoms with Crippen LogP contribution < -0.4 is 4.31 Å². The van der Waals surface area contributed by atoms with Gasteiger partial charge in [0.15, 0.2) is 0 Å². The summed E-state index contributed by atoms with van der Waals surface area (Å²) in [4.78, 5) is 1.11. The van der Waals surface area contributed by atoms with Gasteiger partial charge >= 0.3 is 0 Å². The fraction of sp³-hybridized carbons (Fsp3) is 0.167. The Balaban J connectivity index is 2.42. The first-order chi connectivity index (χ1) is 8.94. The van der Waals surface area contributed by atoms with Crippen LogP contribution in [0, 0.1) is 0 Å². The number of anilines is 1. The zero-order chi connectivity index (χ0) is 13.8. The standard InChI is InChI=1S/C12H9BrClNO2S2/c1-15-11-8(13)6-18-12(11)10(14)7-4-2-3-5-9(7)19(15,16)17/h2-6,10H,1H3. The SMILES string of the molecule is CN1c2c(Br)csc2C(Cl)c2ccccc2S1(=O)=O. The van der Waals surface area contributed by atoms with Crippen LogP contribution in [-0.2, 0) is 10.0 Å². The summed E-state index contributed by atoms with van der Waals surface area (Å²) in [6.45, 7) is 0. The third-order valence-corrected chi connectivity index (χ3v) is 7.48. The molecule has 2 heterocycles. The molecule has 7 heteroatoms. The van der Waals surface area contributed by atoms with E-state index in [9.17, 15) is 8.42 Å². The lowest BCUT2D eigenvalue weighted by atomic mass is 10.1. The molecule has 0 fully saturated rings. The minimum absolute atomic E-state index is 0.271. The second-order valence-electron chi connectivity index (χ2n) is 4.17. The van der Waals surface area contributed by atoms with E-state index in [2.05, 4.69) is 15.9 Å². The van der Waals surface area contributed by atoms with E-state index in [1.54, 1.807) is 31.3 Å². The summed E-state index contributed by atoms with van der Waals surface area (Å²) in [5.41, 5.74) is 1.25. The van der Waals surface area contributed by atoms with Gasteiger partial charge in [0, 0.05) is 12.4 Å². The van der Waals surface area contributed by atoms with Crippen LogP contribution >= 0.6 is 38.9 Å². The van der Waals surface area contributed by atoms with Gasteiger partial charge in [-0.3, -0.25) is 4.31 Å². The van der Waals surface area contributed by atoms with E-state index in [4.69, 9.17) is 11.6 Å². The molecule has 1 atom stereocenters. The molecule has 0 spiro atoms. The fourth-order valence-electron chi connectivity index (χ4n) is 2.16. The van der Waals surface area contributed by atoms with Gasteiger partial charge in [-0.25, -0.2) is 8.42 Å². The number of benzene rings is 1. The Morgan fingerprint density at radius 2 is 2.05 bits per heavy atom. The number of alkyl halides is 1. The number of hydrogen-bond acceptors (Lipinski definition) is 3. The second kappa shape index (κ2) is 4.48. The van der Waals surface area contributed by atoms with Gasteiger partial charge in [-0.2, -0.15) is 0 Å². The average molecular weight is 379 g/mol. The lowest BCUT2D eigenvalue weighted by molar-refractivity contribution is 0.594. The Kier molecular flexibility index (Phi) is 3.16. The molecule has 1 aliphatic heterocycles. The van der Waals surface area contributed by atoms with Gasteiger partial charge in [0.1, 0.15) is 0 Å².